The second-order valence-corrected chi connectivity index (χ2v) is 7.51. The molecule has 152 valence electrons. The van der Waals surface area contributed by atoms with Crippen molar-refractivity contribution in [1.29, 1.82) is 0 Å². The zero-order valence-corrected chi connectivity index (χ0v) is 17.0. The van der Waals surface area contributed by atoms with Crippen LogP contribution >= 0.6 is 11.3 Å². The average Bonchev–Trinajstić information content (AvgIpc) is 3.35. The maximum absolute atomic E-state index is 12.1. The third kappa shape index (κ3) is 5.57. The van der Waals surface area contributed by atoms with Crippen molar-refractivity contribution in [2.75, 3.05) is 18.5 Å². The second-order valence-electron chi connectivity index (χ2n) is 6.51. The fraction of sp³-hybridized carbons (Fsp3) is 0.333. The first-order valence-corrected chi connectivity index (χ1v) is 9.64. The number of aromatic nitrogens is 5. The first kappa shape index (κ1) is 20.4. The van der Waals surface area contributed by atoms with Crippen LogP contribution in [0.2, 0.25) is 0 Å². The van der Waals surface area contributed by atoms with Gasteiger partial charge in [0, 0.05) is 0 Å². The summed E-state index contributed by atoms with van der Waals surface area (Å²) in [6.07, 6.45) is 1.48. The summed E-state index contributed by atoms with van der Waals surface area (Å²) >= 11 is 1.08. The predicted octanol–water partition coefficient (Wildman–Crippen LogP) is 2.26. The molecule has 1 N–H and O–H groups in total. The van der Waals surface area contributed by atoms with Gasteiger partial charge in [0.05, 0.1) is 18.0 Å². The van der Waals surface area contributed by atoms with Gasteiger partial charge in [0.15, 0.2) is 11.7 Å². The summed E-state index contributed by atoms with van der Waals surface area (Å²) in [5, 5.41) is 13.9. The van der Waals surface area contributed by atoms with Crippen LogP contribution in [0.3, 0.4) is 0 Å². The third-order valence-corrected chi connectivity index (χ3v) is 4.65. The number of rotatable bonds is 8. The Labute approximate surface area is 170 Å². The van der Waals surface area contributed by atoms with Gasteiger partial charge in [-0.05, 0) is 47.5 Å². The van der Waals surface area contributed by atoms with E-state index in [0.29, 0.717) is 28.1 Å². The number of nitrogens with one attached hydrogen (secondary N) is 1. The zero-order chi connectivity index (χ0) is 20.8. The number of hydrogen-bond acceptors (Lipinski definition) is 9. The van der Waals surface area contributed by atoms with Crippen LogP contribution in [0.5, 0.6) is 5.75 Å². The van der Waals surface area contributed by atoms with Gasteiger partial charge in [0.1, 0.15) is 17.0 Å². The highest BCUT2D eigenvalue weighted by Gasteiger charge is 2.18. The second kappa shape index (κ2) is 9.24. The minimum Gasteiger partial charge on any atom is -0.484 e. The molecule has 2 heterocycles. The van der Waals surface area contributed by atoms with E-state index in [1.165, 1.54) is 11.0 Å². The summed E-state index contributed by atoms with van der Waals surface area (Å²) in [6.45, 7) is 5.74. The van der Waals surface area contributed by atoms with Gasteiger partial charge in [-0.25, -0.2) is 14.5 Å². The smallest absolute Gasteiger partial charge is 0.350 e. The lowest BCUT2D eigenvalue weighted by Gasteiger charge is -2.06. The molecule has 0 fully saturated rings. The van der Waals surface area contributed by atoms with E-state index in [0.717, 1.165) is 17.0 Å². The van der Waals surface area contributed by atoms with Crippen LogP contribution in [-0.4, -0.2) is 50.3 Å². The Kier molecular flexibility index (Phi) is 6.50. The molecule has 0 saturated carbocycles. The number of amides is 1. The molecule has 0 radical (unpaired) electrons. The van der Waals surface area contributed by atoms with Gasteiger partial charge >= 0.3 is 5.97 Å². The molecule has 10 nitrogen and oxygen atoms in total. The van der Waals surface area contributed by atoms with E-state index in [9.17, 15) is 9.59 Å². The Balaban J connectivity index is 1.52. The Bertz CT molecular complexity index is 969. The number of hydrogen-bond donors (Lipinski definition) is 1. The molecule has 0 saturated heterocycles. The van der Waals surface area contributed by atoms with Crippen molar-refractivity contribution in [3.63, 3.8) is 0 Å². The van der Waals surface area contributed by atoms with Crippen molar-refractivity contribution < 1.29 is 19.1 Å². The number of thiazole rings is 1. The van der Waals surface area contributed by atoms with Gasteiger partial charge in [0.2, 0.25) is 0 Å². The monoisotopic (exact) mass is 416 g/mol. The van der Waals surface area contributed by atoms with Gasteiger partial charge in [-0.15, -0.1) is 5.10 Å². The van der Waals surface area contributed by atoms with E-state index in [1.807, 2.05) is 13.8 Å². The van der Waals surface area contributed by atoms with E-state index < -0.39 is 5.97 Å². The number of nitrogens with zero attached hydrogens (tertiary/aromatic N) is 5. The fourth-order valence-electron chi connectivity index (χ4n) is 2.23. The molecule has 0 aliphatic heterocycles. The number of carbonyl (C=O) groups is 2. The maximum atomic E-state index is 12.1. The van der Waals surface area contributed by atoms with Crippen molar-refractivity contribution in [2.24, 2.45) is 5.92 Å². The lowest BCUT2D eigenvalue weighted by Crippen LogP contribution is -2.20. The number of benzene rings is 1. The number of anilines is 1. The summed E-state index contributed by atoms with van der Waals surface area (Å²) in [4.78, 5) is 28.8. The van der Waals surface area contributed by atoms with E-state index in [1.54, 1.807) is 31.2 Å². The van der Waals surface area contributed by atoms with E-state index in [-0.39, 0.29) is 18.4 Å². The summed E-state index contributed by atoms with van der Waals surface area (Å²) < 4.78 is 12.2. The third-order valence-electron chi connectivity index (χ3n) is 3.60. The van der Waals surface area contributed by atoms with Crippen LogP contribution < -0.4 is 10.1 Å². The highest BCUT2D eigenvalue weighted by molar-refractivity contribution is 7.17. The summed E-state index contributed by atoms with van der Waals surface area (Å²) in [5.41, 5.74) is 1.28. The number of carbonyl (C=O) groups excluding carboxylic acids is 2. The SMILES string of the molecule is Cc1nc(NC(=O)COc2ccc(-n3cnnn3)cc2)sc1C(=O)OCC(C)C. The van der Waals surface area contributed by atoms with Crippen molar-refractivity contribution in [1.82, 2.24) is 25.2 Å². The largest absolute Gasteiger partial charge is 0.484 e. The summed E-state index contributed by atoms with van der Waals surface area (Å²) in [5.74, 6) is -0.0609. The van der Waals surface area contributed by atoms with Crippen molar-refractivity contribution >= 4 is 28.3 Å². The standard InChI is InChI=1S/C18H20N6O4S/c1-11(2)8-28-17(26)16-12(3)20-18(29-16)21-15(25)9-27-14-6-4-13(5-7-14)24-10-19-22-23-24/h4-7,10-11H,8-9H2,1-3H3,(H,20,21,25). The molecule has 11 heteroatoms. The van der Waals surface area contributed by atoms with Crippen molar-refractivity contribution in [2.45, 2.75) is 20.8 Å². The lowest BCUT2D eigenvalue weighted by atomic mass is 10.2. The Morgan fingerprint density at radius 1 is 1.24 bits per heavy atom. The van der Waals surface area contributed by atoms with Gasteiger partial charge in [-0.3, -0.25) is 10.1 Å². The fourth-order valence-corrected chi connectivity index (χ4v) is 3.10. The van der Waals surface area contributed by atoms with Crippen LogP contribution in [0.25, 0.3) is 5.69 Å². The minimum atomic E-state index is -0.437. The number of aryl methyl sites for hydroxylation is 1. The van der Waals surface area contributed by atoms with Crippen molar-refractivity contribution in [3.05, 3.63) is 41.2 Å². The number of esters is 1. The molecule has 3 rings (SSSR count). The molecule has 0 aliphatic rings. The van der Waals surface area contributed by atoms with Crippen LogP contribution in [0.15, 0.2) is 30.6 Å². The average molecular weight is 416 g/mol. The molecule has 1 aromatic carbocycles. The highest BCUT2D eigenvalue weighted by atomic mass is 32.1. The molecule has 29 heavy (non-hydrogen) atoms. The molecule has 0 spiro atoms. The molecule has 0 unspecified atom stereocenters. The molecule has 0 aliphatic carbocycles. The molecular formula is C18H20N6O4S. The molecule has 0 atom stereocenters. The van der Waals surface area contributed by atoms with Crippen molar-refractivity contribution in [3.8, 4) is 11.4 Å². The van der Waals surface area contributed by atoms with Crippen LogP contribution in [0.4, 0.5) is 5.13 Å². The Morgan fingerprint density at radius 2 is 2.00 bits per heavy atom. The molecular weight excluding hydrogens is 396 g/mol. The predicted molar refractivity (Wildman–Crippen MR) is 105 cm³/mol. The quantitative estimate of drug-likeness (QED) is 0.555. The highest BCUT2D eigenvalue weighted by Crippen LogP contribution is 2.23. The number of ether oxygens (including phenoxy) is 2. The van der Waals surface area contributed by atoms with Crippen LogP contribution in [0, 0.1) is 12.8 Å². The Hall–Kier alpha value is -3.34. The van der Waals surface area contributed by atoms with Gasteiger partial charge in [0.25, 0.3) is 5.91 Å². The van der Waals surface area contributed by atoms with Crippen LogP contribution in [0.1, 0.15) is 29.2 Å². The maximum Gasteiger partial charge on any atom is 0.350 e. The minimum absolute atomic E-state index is 0.198. The van der Waals surface area contributed by atoms with E-state index in [4.69, 9.17) is 9.47 Å². The van der Waals surface area contributed by atoms with E-state index >= 15 is 0 Å². The molecule has 1 amide bonds. The lowest BCUT2D eigenvalue weighted by molar-refractivity contribution is -0.118. The first-order valence-electron chi connectivity index (χ1n) is 8.83. The topological polar surface area (TPSA) is 121 Å². The Morgan fingerprint density at radius 3 is 2.66 bits per heavy atom. The van der Waals surface area contributed by atoms with Gasteiger partial charge < -0.3 is 9.47 Å². The number of tetrazole rings is 1. The first-order chi connectivity index (χ1) is 13.9. The molecule has 2 aromatic heterocycles. The zero-order valence-electron chi connectivity index (χ0n) is 16.2. The van der Waals surface area contributed by atoms with Gasteiger partial charge in [-0.2, -0.15) is 0 Å². The van der Waals surface area contributed by atoms with Crippen LogP contribution in [-0.2, 0) is 9.53 Å². The molecule has 0 bridgehead atoms. The normalized spacial score (nSPS) is 10.8. The molecule has 3 aromatic rings. The van der Waals surface area contributed by atoms with Gasteiger partial charge in [-0.1, -0.05) is 25.2 Å². The summed E-state index contributed by atoms with van der Waals surface area (Å²) in [7, 11) is 0. The van der Waals surface area contributed by atoms with E-state index in [2.05, 4.69) is 25.8 Å². The summed E-state index contributed by atoms with van der Waals surface area (Å²) in [6, 6.07) is 6.95.